The number of nitrogens with one attached hydrogen (secondary N) is 2. The summed E-state index contributed by atoms with van der Waals surface area (Å²) in [4.78, 5) is 11.0. The summed E-state index contributed by atoms with van der Waals surface area (Å²) in [5, 5.41) is 7.27. The first-order chi connectivity index (χ1) is 5.99. The first-order valence-corrected chi connectivity index (χ1v) is 5.59. The van der Waals surface area contributed by atoms with E-state index in [1.807, 2.05) is 0 Å². The molecule has 1 rings (SSSR count). The quantitative estimate of drug-likeness (QED) is 0.468. The Kier molecular flexibility index (Phi) is 3.23. The molecule has 13 heavy (non-hydrogen) atoms. The fourth-order valence-corrected chi connectivity index (χ4v) is 1.26. The fraction of sp³-hybridized carbons (Fsp3) is 0.833. The van der Waals surface area contributed by atoms with E-state index >= 15 is 0 Å². The van der Waals surface area contributed by atoms with E-state index in [1.54, 1.807) is 0 Å². The van der Waals surface area contributed by atoms with Gasteiger partial charge in [-0.3, -0.25) is 4.79 Å². The smallest absolute Gasteiger partial charge is 0.274 e. The van der Waals surface area contributed by atoms with Crippen molar-refractivity contribution in [2.24, 2.45) is 11.1 Å². The van der Waals surface area contributed by atoms with E-state index in [-0.39, 0.29) is 24.9 Å². The lowest BCUT2D eigenvalue weighted by Crippen LogP contribution is -2.38. The number of carbonyl (C=O) groups excluding carboxylic acids is 1. The normalized spacial score (nSPS) is 17.0. The van der Waals surface area contributed by atoms with Gasteiger partial charge in [-0.2, -0.15) is 8.42 Å². The summed E-state index contributed by atoms with van der Waals surface area (Å²) in [6, 6.07) is 0. The molecule has 0 unspecified atom stereocenters. The molecule has 4 N–H and O–H groups in total. The Hall–Kier alpha value is -0.660. The van der Waals surface area contributed by atoms with Crippen LogP contribution in [-0.4, -0.2) is 27.4 Å². The zero-order chi connectivity index (χ0) is 9.90. The Labute approximate surface area is 77.1 Å². The molecular formula is C6H13N3O3S. The predicted molar refractivity (Wildman–Crippen MR) is 46.8 cm³/mol. The molecule has 1 saturated carbocycles. The van der Waals surface area contributed by atoms with Crippen LogP contribution >= 0.6 is 0 Å². The molecule has 0 radical (unpaired) electrons. The van der Waals surface area contributed by atoms with Crippen LogP contribution in [0.2, 0.25) is 0 Å². The molecule has 0 saturated heterocycles. The van der Waals surface area contributed by atoms with Gasteiger partial charge in [-0.25, -0.2) is 9.86 Å². The minimum absolute atomic E-state index is 0.00350. The van der Waals surface area contributed by atoms with Gasteiger partial charge < -0.3 is 5.32 Å². The fourth-order valence-electron chi connectivity index (χ4n) is 0.869. The second kappa shape index (κ2) is 4.03. The maximum absolute atomic E-state index is 11.0. The van der Waals surface area contributed by atoms with Crippen LogP contribution in [0.5, 0.6) is 0 Å². The van der Waals surface area contributed by atoms with Gasteiger partial charge in [0.1, 0.15) is 0 Å². The Bertz CT molecular complexity index is 283. The zero-order valence-corrected chi connectivity index (χ0v) is 7.93. The number of hydrogen-bond donors (Lipinski definition) is 3. The van der Waals surface area contributed by atoms with Crippen LogP contribution in [0.1, 0.15) is 12.8 Å². The second-order valence-electron chi connectivity index (χ2n) is 3.00. The van der Waals surface area contributed by atoms with Crippen LogP contribution in [0.4, 0.5) is 0 Å². The van der Waals surface area contributed by atoms with Gasteiger partial charge in [0.05, 0.1) is 0 Å². The monoisotopic (exact) mass is 207 g/mol. The lowest BCUT2D eigenvalue weighted by molar-refractivity contribution is -0.122. The molecule has 1 aliphatic rings. The largest absolute Gasteiger partial charge is 0.355 e. The van der Waals surface area contributed by atoms with E-state index < -0.39 is 10.2 Å². The molecule has 0 heterocycles. The standard InChI is InChI=1S/C6H13N3O3S/c7-13(11,12)9-4-3-8-6(10)5-1-2-5/h5,9H,1-4H2,(H,8,10)(H2,7,11,12). The van der Waals surface area contributed by atoms with Crippen molar-refractivity contribution in [1.29, 1.82) is 0 Å². The molecule has 6 nitrogen and oxygen atoms in total. The van der Waals surface area contributed by atoms with E-state index in [2.05, 4.69) is 15.2 Å². The summed E-state index contributed by atoms with van der Waals surface area (Å²) in [5.41, 5.74) is 0. The van der Waals surface area contributed by atoms with Gasteiger partial charge in [0, 0.05) is 19.0 Å². The van der Waals surface area contributed by atoms with Gasteiger partial charge in [-0.1, -0.05) is 0 Å². The molecule has 0 aromatic heterocycles. The van der Waals surface area contributed by atoms with Crippen molar-refractivity contribution in [3.63, 3.8) is 0 Å². The third-order valence-corrected chi connectivity index (χ3v) is 2.28. The van der Waals surface area contributed by atoms with Gasteiger partial charge in [0.25, 0.3) is 10.2 Å². The van der Waals surface area contributed by atoms with Crippen LogP contribution in [0, 0.1) is 5.92 Å². The van der Waals surface area contributed by atoms with E-state index in [9.17, 15) is 13.2 Å². The van der Waals surface area contributed by atoms with Crippen LogP contribution in [0.3, 0.4) is 0 Å². The summed E-state index contributed by atoms with van der Waals surface area (Å²) in [6.07, 6.45) is 1.88. The highest BCUT2D eigenvalue weighted by atomic mass is 32.2. The minimum atomic E-state index is -3.63. The highest BCUT2D eigenvalue weighted by molar-refractivity contribution is 7.87. The predicted octanol–water partition coefficient (Wildman–Crippen LogP) is -1.69. The molecule has 0 bridgehead atoms. The maximum Gasteiger partial charge on any atom is 0.274 e. The number of amides is 1. The molecule has 0 aromatic carbocycles. The number of rotatable bonds is 5. The third kappa shape index (κ3) is 4.81. The molecule has 0 atom stereocenters. The minimum Gasteiger partial charge on any atom is -0.355 e. The summed E-state index contributed by atoms with van der Waals surface area (Å²) >= 11 is 0. The molecule has 76 valence electrons. The Morgan fingerprint density at radius 2 is 2.00 bits per heavy atom. The molecule has 0 aromatic rings. The van der Waals surface area contributed by atoms with Crippen molar-refractivity contribution in [2.45, 2.75) is 12.8 Å². The van der Waals surface area contributed by atoms with Gasteiger partial charge in [-0.15, -0.1) is 0 Å². The molecule has 1 fully saturated rings. The van der Waals surface area contributed by atoms with E-state index in [0.717, 1.165) is 12.8 Å². The van der Waals surface area contributed by atoms with E-state index in [1.165, 1.54) is 0 Å². The van der Waals surface area contributed by atoms with Crippen molar-refractivity contribution in [3.05, 3.63) is 0 Å². The summed E-state index contributed by atoms with van der Waals surface area (Å²) in [6.45, 7) is 0.420. The molecule has 1 aliphatic carbocycles. The maximum atomic E-state index is 11.0. The Morgan fingerprint density at radius 1 is 1.38 bits per heavy atom. The lowest BCUT2D eigenvalue weighted by atomic mass is 10.4. The van der Waals surface area contributed by atoms with Crippen molar-refractivity contribution in [2.75, 3.05) is 13.1 Å². The average molecular weight is 207 g/mol. The summed E-state index contributed by atoms with van der Waals surface area (Å²) in [7, 11) is -3.63. The van der Waals surface area contributed by atoms with Gasteiger partial charge in [0.2, 0.25) is 5.91 Å². The molecule has 7 heteroatoms. The third-order valence-electron chi connectivity index (χ3n) is 1.68. The average Bonchev–Trinajstić information content (AvgIpc) is 2.77. The van der Waals surface area contributed by atoms with Crippen LogP contribution in [-0.2, 0) is 15.0 Å². The SMILES string of the molecule is NS(=O)(=O)NCCNC(=O)C1CC1. The van der Waals surface area contributed by atoms with Gasteiger partial charge in [-0.05, 0) is 12.8 Å². The van der Waals surface area contributed by atoms with Gasteiger partial charge in [0.15, 0.2) is 0 Å². The second-order valence-corrected chi connectivity index (χ2v) is 4.38. The number of nitrogens with two attached hydrogens (primary N) is 1. The van der Waals surface area contributed by atoms with Gasteiger partial charge >= 0.3 is 0 Å². The van der Waals surface area contributed by atoms with Crippen molar-refractivity contribution in [3.8, 4) is 0 Å². The Balaban J connectivity index is 2.04. The molecular weight excluding hydrogens is 194 g/mol. The van der Waals surface area contributed by atoms with Crippen molar-refractivity contribution in [1.82, 2.24) is 10.0 Å². The summed E-state index contributed by atoms with van der Waals surface area (Å²) in [5.74, 6) is 0.144. The van der Waals surface area contributed by atoms with Crippen molar-refractivity contribution < 1.29 is 13.2 Å². The summed E-state index contributed by atoms with van der Waals surface area (Å²) < 4.78 is 22.8. The molecule has 0 aliphatic heterocycles. The highest BCUT2D eigenvalue weighted by Crippen LogP contribution is 2.28. The van der Waals surface area contributed by atoms with Crippen LogP contribution in [0.15, 0.2) is 0 Å². The molecule has 0 spiro atoms. The van der Waals surface area contributed by atoms with E-state index in [4.69, 9.17) is 0 Å². The number of hydrogen-bond acceptors (Lipinski definition) is 3. The molecule has 1 amide bonds. The highest BCUT2D eigenvalue weighted by Gasteiger charge is 2.28. The zero-order valence-electron chi connectivity index (χ0n) is 7.12. The Morgan fingerprint density at radius 3 is 2.46 bits per heavy atom. The van der Waals surface area contributed by atoms with E-state index in [0.29, 0.717) is 0 Å². The lowest BCUT2D eigenvalue weighted by Gasteiger charge is -2.03. The van der Waals surface area contributed by atoms with Crippen molar-refractivity contribution >= 4 is 16.1 Å². The van der Waals surface area contributed by atoms with Crippen LogP contribution < -0.4 is 15.2 Å². The first-order valence-electron chi connectivity index (χ1n) is 4.04. The topological polar surface area (TPSA) is 101 Å². The first kappa shape index (κ1) is 10.4. The number of carbonyl (C=O) groups is 1. The van der Waals surface area contributed by atoms with Crippen LogP contribution in [0.25, 0.3) is 0 Å².